The second kappa shape index (κ2) is 8.37. The number of aliphatic hydroxyl groups is 1. The van der Waals surface area contributed by atoms with Gasteiger partial charge in [0.05, 0.1) is 13.2 Å². The molecule has 6 heteroatoms. The van der Waals surface area contributed by atoms with Crippen molar-refractivity contribution in [2.45, 2.75) is 27.7 Å². The maximum absolute atomic E-state index is 11.0. The molecule has 0 fully saturated rings. The van der Waals surface area contributed by atoms with Gasteiger partial charge in [0.15, 0.2) is 0 Å². The Morgan fingerprint density at radius 1 is 1.45 bits per heavy atom. The molecule has 20 heavy (non-hydrogen) atoms. The van der Waals surface area contributed by atoms with Gasteiger partial charge >= 0.3 is 5.97 Å². The second-order valence-corrected chi connectivity index (χ2v) is 5.52. The van der Waals surface area contributed by atoms with Crippen molar-refractivity contribution in [2.24, 2.45) is 11.3 Å². The Balaban J connectivity index is 5.05. The molecule has 0 bridgehead atoms. The van der Waals surface area contributed by atoms with E-state index >= 15 is 0 Å². The lowest BCUT2D eigenvalue weighted by molar-refractivity contribution is -0.132. The summed E-state index contributed by atoms with van der Waals surface area (Å²) in [6, 6.07) is 0. The van der Waals surface area contributed by atoms with E-state index < -0.39 is 11.4 Å². The minimum Gasteiger partial charge on any atom is -0.478 e. The molecule has 0 unspecified atom stereocenters. The summed E-state index contributed by atoms with van der Waals surface area (Å²) >= 11 is 0. The van der Waals surface area contributed by atoms with E-state index in [0.29, 0.717) is 6.61 Å². The molecule has 0 atom stereocenters. The molecule has 0 saturated heterocycles. The maximum Gasteiger partial charge on any atom is 0.342 e. The third-order valence-electron chi connectivity index (χ3n) is 2.34. The highest BCUT2D eigenvalue weighted by atomic mass is 16.5. The molecule has 0 amide bonds. The molecule has 0 aromatic rings. The predicted octanol–water partition coefficient (Wildman–Crippen LogP) is 1.73. The number of aliphatic carboxylic acids is 1. The Labute approximate surface area is 119 Å². The Bertz CT molecular complexity index is 398. The zero-order valence-corrected chi connectivity index (χ0v) is 12.4. The van der Waals surface area contributed by atoms with Crippen molar-refractivity contribution in [1.29, 1.82) is 5.41 Å². The van der Waals surface area contributed by atoms with Gasteiger partial charge in [0, 0.05) is 17.8 Å². The first kappa shape index (κ1) is 18.2. The predicted molar refractivity (Wildman–Crippen MR) is 77.4 cm³/mol. The molecule has 0 heterocycles. The SMILES string of the molecule is CC(C)CO/C(N/C=C/C(C)(C)CO)=C(/C=N)C(=O)O. The molecular formula is C14H24N2O4. The molecule has 0 aliphatic carbocycles. The summed E-state index contributed by atoms with van der Waals surface area (Å²) in [4.78, 5) is 11.0. The summed E-state index contributed by atoms with van der Waals surface area (Å²) in [5.41, 5.74) is -0.679. The molecule has 0 aliphatic heterocycles. The van der Waals surface area contributed by atoms with Crippen molar-refractivity contribution >= 4 is 12.2 Å². The van der Waals surface area contributed by atoms with Gasteiger partial charge in [0.1, 0.15) is 5.57 Å². The standard InChI is InChI=1S/C14H24N2O4/c1-10(2)8-20-12(11(7-15)13(18)19)16-6-5-14(3,4)9-17/h5-7,10,15-17H,8-9H2,1-4H3,(H,18,19)/b6-5+,12-11-,15-7?. The summed E-state index contributed by atoms with van der Waals surface area (Å²) in [5.74, 6) is -0.988. The smallest absolute Gasteiger partial charge is 0.342 e. The van der Waals surface area contributed by atoms with Crippen LogP contribution in [0.5, 0.6) is 0 Å². The van der Waals surface area contributed by atoms with Crippen molar-refractivity contribution in [3.8, 4) is 0 Å². The fourth-order valence-corrected chi connectivity index (χ4v) is 1.07. The van der Waals surface area contributed by atoms with Crippen LogP contribution in [0.25, 0.3) is 0 Å². The molecule has 4 N–H and O–H groups in total. The van der Waals surface area contributed by atoms with Gasteiger partial charge in [-0.3, -0.25) is 0 Å². The topological polar surface area (TPSA) is 103 Å². The number of carboxylic acid groups (broad SMARTS) is 1. The van der Waals surface area contributed by atoms with Crippen LogP contribution >= 0.6 is 0 Å². The van der Waals surface area contributed by atoms with Crippen molar-refractivity contribution in [3.63, 3.8) is 0 Å². The van der Waals surface area contributed by atoms with Gasteiger partial charge in [0.2, 0.25) is 5.88 Å². The van der Waals surface area contributed by atoms with Crippen molar-refractivity contribution in [1.82, 2.24) is 5.32 Å². The molecule has 0 aliphatic rings. The summed E-state index contributed by atoms with van der Waals surface area (Å²) in [6.45, 7) is 7.84. The number of rotatable bonds is 9. The first-order chi connectivity index (χ1) is 9.23. The normalized spacial score (nSPS) is 13.3. The number of carboxylic acids is 1. The summed E-state index contributed by atoms with van der Waals surface area (Å²) in [6.07, 6.45) is 3.95. The fourth-order valence-electron chi connectivity index (χ4n) is 1.07. The lowest BCUT2D eigenvalue weighted by Gasteiger charge is -2.17. The van der Waals surface area contributed by atoms with E-state index in [9.17, 15) is 4.79 Å². The second-order valence-electron chi connectivity index (χ2n) is 5.52. The summed E-state index contributed by atoms with van der Waals surface area (Å²) in [5, 5.41) is 28.0. The Morgan fingerprint density at radius 3 is 2.45 bits per heavy atom. The monoisotopic (exact) mass is 284 g/mol. The van der Waals surface area contributed by atoms with Gasteiger partial charge in [0.25, 0.3) is 0 Å². The van der Waals surface area contributed by atoms with E-state index in [-0.39, 0.29) is 24.0 Å². The van der Waals surface area contributed by atoms with Crippen LogP contribution in [-0.2, 0) is 9.53 Å². The van der Waals surface area contributed by atoms with Crippen LogP contribution in [0, 0.1) is 16.7 Å². The molecule has 0 aromatic heterocycles. The lowest BCUT2D eigenvalue weighted by Crippen LogP contribution is -2.20. The summed E-state index contributed by atoms with van der Waals surface area (Å²) in [7, 11) is 0. The molecule has 0 rings (SSSR count). The first-order valence-corrected chi connectivity index (χ1v) is 6.39. The van der Waals surface area contributed by atoms with Gasteiger partial charge in [-0.1, -0.05) is 33.8 Å². The fraction of sp³-hybridized carbons (Fsp3) is 0.571. The number of hydrogen-bond donors (Lipinski definition) is 4. The van der Waals surface area contributed by atoms with E-state index in [1.54, 1.807) is 6.08 Å². The Morgan fingerprint density at radius 2 is 2.05 bits per heavy atom. The van der Waals surface area contributed by atoms with Crippen molar-refractivity contribution in [3.05, 3.63) is 23.7 Å². The van der Waals surface area contributed by atoms with Gasteiger partial charge in [-0.2, -0.15) is 0 Å². The number of hydrogen-bond acceptors (Lipinski definition) is 5. The van der Waals surface area contributed by atoms with Gasteiger partial charge in [-0.05, 0) is 5.92 Å². The average Bonchev–Trinajstić information content (AvgIpc) is 2.35. The van der Waals surface area contributed by atoms with Crippen LogP contribution in [-0.4, -0.2) is 35.6 Å². The third kappa shape index (κ3) is 6.94. The summed E-state index contributed by atoms with van der Waals surface area (Å²) < 4.78 is 5.39. The van der Waals surface area contributed by atoms with Crippen LogP contribution in [0.2, 0.25) is 0 Å². The van der Waals surface area contributed by atoms with Crippen LogP contribution in [0.1, 0.15) is 27.7 Å². The molecule has 0 aromatic carbocycles. The first-order valence-electron chi connectivity index (χ1n) is 6.39. The zero-order chi connectivity index (χ0) is 15.8. The average molecular weight is 284 g/mol. The number of nitrogens with one attached hydrogen (secondary N) is 2. The van der Waals surface area contributed by atoms with Crippen LogP contribution in [0.3, 0.4) is 0 Å². The number of aliphatic hydroxyl groups excluding tert-OH is 1. The minimum absolute atomic E-state index is 0.0196. The molecule has 114 valence electrons. The van der Waals surface area contributed by atoms with Crippen LogP contribution < -0.4 is 5.32 Å². The van der Waals surface area contributed by atoms with Crippen molar-refractivity contribution in [2.75, 3.05) is 13.2 Å². The van der Waals surface area contributed by atoms with E-state index in [4.69, 9.17) is 20.4 Å². The molecule has 0 saturated carbocycles. The highest BCUT2D eigenvalue weighted by Gasteiger charge is 2.15. The van der Waals surface area contributed by atoms with E-state index in [1.165, 1.54) is 6.20 Å². The van der Waals surface area contributed by atoms with Crippen molar-refractivity contribution < 1.29 is 19.7 Å². The Kier molecular flexibility index (Phi) is 7.61. The quantitative estimate of drug-likeness (QED) is 0.293. The maximum atomic E-state index is 11.0. The number of ether oxygens (including phenoxy) is 1. The van der Waals surface area contributed by atoms with E-state index in [2.05, 4.69) is 5.32 Å². The zero-order valence-electron chi connectivity index (χ0n) is 12.4. The van der Waals surface area contributed by atoms with Crippen LogP contribution in [0.4, 0.5) is 0 Å². The highest BCUT2D eigenvalue weighted by Crippen LogP contribution is 2.15. The molecule has 0 radical (unpaired) electrons. The van der Waals surface area contributed by atoms with Crippen LogP contribution in [0.15, 0.2) is 23.7 Å². The minimum atomic E-state index is -1.24. The van der Waals surface area contributed by atoms with E-state index in [1.807, 2.05) is 27.7 Å². The molecule has 0 spiro atoms. The lowest BCUT2D eigenvalue weighted by atomic mass is 9.95. The largest absolute Gasteiger partial charge is 0.478 e. The van der Waals surface area contributed by atoms with Gasteiger partial charge in [-0.15, -0.1) is 0 Å². The van der Waals surface area contributed by atoms with Gasteiger partial charge < -0.3 is 25.7 Å². The molecular weight excluding hydrogens is 260 g/mol. The third-order valence-corrected chi connectivity index (χ3v) is 2.34. The number of carbonyl (C=O) groups is 1. The Hall–Kier alpha value is -1.82. The van der Waals surface area contributed by atoms with E-state index in [0.717, 1.165) is 6.21 Å². The highest BCUT2D eigenvalue weighted by molar-refractivity contribution is 6.07. The van der Waals surface area contributed by atoms with Gasteiger partial charge in [-0.25, -0.2) is 4.79 Å². The molecule has 6 nitrogen and oxygen atoms in total.